The van der Waals surface area contributed by atoms with E-state index in [2.05, 4.69) is 4.74 Å². The van der Waals surface area contributed by atoms with Crippen LogP contribution in [0.1, 0.15) is 31.9 Å². The van der Waals surface area contributed by atoms with Gasteiger partial charge in [0.05, 0.1) is 7.11 Å². The molecule has 0 bridgehead atoms. The highest BCUT2D eigenvalue weighted by Gasteiger charge is 2.51. The Kier molecular flexibility index (Phi) is 5.84. The number of alkyl halides is 2. The number of hydrogen-bond acceptors (Lipinski definition) is 3. The van der Waals surface area contributed by atoms with Crippen LogP contribution in [0.25, 0.3) is 0 Å². The van der Waals surface area contributed by atoms with Crippen molar-refractivity contribution < 1.29 is 23.4 Å². The normalized spacial score (nSPS) is 15.9. The van der Waals surface area contributed by atoms with Gasteiger partial charge in [-0.2, -0.15) is 0 Å². The molecular formula is C16H22F2O3. The maximum Gasteiger partial charge on any atom is 0.317 e. The number of aryl methyl sites for hydroxylation is 1. The van der Waals surface area contributed by atoms with Gasteiger partial charge in [0.25, 0.3) is 6.43 Å². The highest BCUT2D eigenvalue weighted by molar-refractivity contribution is 5.74. The van der Waals surface area contributed by atoms with E-state index >= 15 is 0 Å². The molecule has 0 spiro atoms. The fourth-order valence-electron chi connectivity index (χ4n) is 2.48. The molecular weight excluding hydrogens is 278 g/mol. The third-order valence-electron chi connectivity index (χ3n) is 3.89. The van der Waals surface area contributed by atoms with Crippen LogP contribution in [0.15, 0.2) is 24.3 Å². The SMILES string of the molecule is CCc1ccc(C(O)(C(C)C)C(C(=O)OC)C(F)F)cc1. The van der Waals surface area contributed by atoms with Crippen molar-refractivity contribution in [1.29, 1.82) is 0 Å². The lowest BCUT2D eigenvalue weighted by molar-refractivity contribution is -0.176. The summed E-state index contributed by atoms with van der Waals surface area (Å²) in [5.41, 5.74) is -0.657. The maximum atomic E-state index is 13.4. The first-order valence-electron chi connectivity index (χ1n) is 6.96. The number of rotatable bonds is 6. The van der Waals surface area contributed by atoms with Crippen molar-refractivity contribution in [2.45, 2.75) is 39.2 Å². The summed E-state index contributed by atoms with van der Waals surface area (Å²) in [6.07, 6.45) is -2.22. The van der Waals surface area contributed by atoms with E-state index in [4.69, 9.17) is 0 Å². The lowest BCUT2D eigenvalue weighted by Crippen LogP contribution is -2.48. The second-order valence-electron chi connectivity index (χ2n) is 5.37. The molecule has 2 atom stereocenters. The van der Waals surface area contributed by atoms with Gasteiger partial charge in [-0.1, -0.05) is 45.0 Å². The summed E-state index contributed by atoms with van der Waals surface area (Å²) in [4.78, 5) is 11.7. The highest BCUT2D eigenvalue weighted by atomic mass is 19.3. The highest BCUT2D eigenvalue weighted by Crippen LogP contribution is 2.40. The zero-order chi connectivity index (χ0) is 16.2. The average Bonchev–Trinajstić information content (AvgIpc) is 2.46. The summed E-state index contributed by atoms with van der Waals surface area (Å²) in [6.45, 7) is 5.18. The molecule has 0 radical (unpaired) electrons. The largest absolute Gasteiger partial charge is 0.469 e. The number of ether oxygens (including phenoxy) is 1. The fraction of sp³-hybridized carbons (Fsp3) is 0.562. The van der Waals surface area contributed by atoms with Gasteiger partial charge in [0.15, 0.2) is 5.92 Å². The van der Waals surface area contributed by atoms with Crippen LogP contribution in [-0.4, -0.2) is 24.6 Å². The van der Waals surface area contributed by atoms with Crippen LogP contribution in [0.2, 0.25) is 0 Å². The molecule has 0 fully saturated rings. The third-order valence-corrected chi connectivity index (χ3v) is 3.89. The molecule has 0 aliphatic carbocycles. The van der Waals surface area contributed by atoms with Gasteiger partial charge in [-0.25, -0.2) is 8.78 Å². The molecule has 0 heterocycles. The molecule has 21 heavy (non-hydrogen) atoms. The third kappa shape index (κ3) is 3.40. The molecule has 5 heteroatoms. The first kappa shape index (κ1) is 17.6. The summed E-state index contributed by atoms with van der Waals surface area (Å²) < 4.78 is 31.2. The van der Waals surface area contributed by atoms with Gasteiger partial charge in [-0.05, 0) is 23.5 Å². The van der Waals surface area contributed by atoms with Crippen LogP contribution in [0, 0.1) is 11.8 Å². The van der Waals surface area contributed by atoms with Gasteiger partial charge >= 0.3 is 5.97 Å². The summed E-state index contributed by atoms with van der Waals surface area (Å²) in [5, 5.41) is 10.9. The molecule has 0 aromatic heterocycles. The second-order valence-corrected chi connectivity index (χ2v) is 5.37. The van der Waals surface area contributed by atoms with Crippen molar-refractivity contribution in [2.75, 3.05) is 7.11 Å². The number of hydrogen-bond donors (Lipinski definition) is 1. The van der Waals surface area contributed by atoms with E-state index < -0.39 is 29.8 Å². The smallest absolute Gasteiger partial charge is 0.317 e. The van der Waals surface area contributed by atoms with E-state index in [0.717, 1.165) is 19.1 Å². The van der Waals surface area contributed by atoms with Crippen LogP contribution in [0.3, 0.4) is 0 Å². The number of carbonyl (C=O) groups excluding carboxylic acids is 1. The van der Waals surface area contributed by atoms with Gasteiger partial charge in [-0.3, -0.25) is 4.79 Å². The average molecular weight is 300 g/mol. The number of methoxy groups -OCH3 is 1. The monoisotopic (exact) mass is 300 g/mol. The van der Waals surface area contributed by atoms with Crippen molar-refractivity contribution in [1.82, 2.24) is 0 Å². The molecule has 1 aromatic carbocycles. The lowest BCUT2D eigenvalue weighted by Gasteiger charge is -2.38. The summed E-state index contributed by atoms with van der Waals surface area (Å²) in [7, 11) is 1.04. The quantitative estimate of drug-likeness (QED) is 0.821. The topological polar surface area (TPSA) is 46.5 Å². The van der Waals surface area contributed by atoms with E-state index in [1.54, 1.807) is 38.1 Å². The number of esters is 1. The first-order chi connectivity index (χ1) is 9.78. The van der Waals surface area contributed by atoms with Gasteiger partial charge in [0.1, 0.15) is 5.60 Å². The minimum Gasteiger partial charge on any atom is -0.469 e. The molecule has 3 nitrogen and oxygen atoms in total. The summed E-state index contributed by atoms with van der Waals surface area (Å²) in [5.74, 6) is -3.61. The Morgan fingerprint density at radius 1 is 1.29 bits per heavy atom. The molecule has 0 saturated carbocycles. The van der Waals surface area contributed by atoms with Crippen LogP contribution >= 0.6 is 0 Å². The molecule has 0 aliphatic rings. The predicted molar refractivity (Wildman–Crippen MR) is 76.1 cm³/mol. The second kappa shape index (κ2) is 6.98. The van der Waals surface area contributed by atoms with Gasteiger partial charge < -0.3 is 9.84 Å². The van der Waals surface area contributed by atoms with Crippen LogP contribution < -0.4 is 0 Å². The number of aliphatic hydroxyl groups is 1. The van der Waals surface area contributed by atoms with Crippen molar-refractivity contribution >= 4 is 5.97 Å². The van der Waals surface area contributed by atoms with E-state index in [1.807, 2.05) is 6.92 Å². The Morgan fingerprint density at radius 3 is 2.14 bits per heavy atom. The van der Waals surface area contributed by atoms with Crippen LogP contribution in [0.4, 0.5) is 8.78 Å². The van der Waals surface area contributed by atoms with Gasteiger partial charge in [-0.15, -0.1) is 0 Å². The van der Waals surface area contributed by atoms with Crippen molar-refractivity contribution in [3.05, 3.63) is 35.4 Å². The lowest BCUT2D eigenvalue weighted by atomic mass is 9.73. The molecule has 118 valence electrons. The molecule has 1 aromatic rings. The summed E-state index contributed by atoms with van der Waals surface area (Å²) >= 11 is 0. The molecule has 1 N–H and O–H groups in total. The van der Waals surface area contributed by atoms with Crippen LogP contribution in [0.5, 0.6) is 0 Å². The number of benzene rings is 1. The van der Waals surface area contributed by atoms with Crippen LogP contribution in [-0.2, 0) is 21.6 Å². The Labute approximate surface area is 123 Å². The van der Waals surface area contributed by atoms with Crippen molar-refractivity contribution in [2.24, 2.45) is 11.8 Å². The Bertz CT molecular complexity index is 471. The fourth-order valence-corrected chi connectivity index (χ4v) is 2.48. The first-order valence-corrected chi connectivity index (χ1v) is 6.96. The van der Waals surface area contributed by atoms with E-state index in [1.165, 1.54) is 0 Å². The summed E-state index contributed by atoms with van der Waals surface area (Å²) in [6, 6.07) is 6.72. The molecule has 1 rings (SSSR count). The van der Waals surface area contributed by atoms with Gasteiger partial charge in [0.2, 0.25) is 0 Å². The minimum absolute atomic E-state index is 0.297. The minimum atomic E-state index is -3.02. The maximum absolute atomic E-state index is 13.4. The van der Waals surface area contributed by atoms with Crippen molar-refractivity contribution in [3.63, 3.8) is 0 Å². The molecule has 0 amide bonds. The predicted octanol–water partition coefficient (Wildman–Crippen LogP) is 3.15. The molecule has 0 aliphatic heterocycles. The van der Waals surface area contributed by atoms with E-state index in [-0.39, 0.29) is 0 Å². The number of carbonyl (C=O) groups is 1. The van der Waals surface area contributed by atoms with E-state index in [9.17, 15) is 18.7 Å². The zero-order valence-electron chi connectivity index (χ0n) is 12.8. The van der Waals surface area contributed by atoms with Crippen molar-refractivity contribution in [3.8, 4) is 0 Å². The Morgan fingerprint density at radius 2 is 1.81 bits per heavy atom. The van der Waals surface area contributed by atoms with E-state index in [0.29, 0.717) is 5.56 Å². The number of halogens is 2. The standard InChI is InChI=1S/C16H22F2O3/c1-5-11-6-8-12(9-7-11)16(20,10(2)3)13(14(17)18)15(19)21-4/h6-10,13-14,20H,5H2,1-4H3. The van der Waals surface area contributed by atoms with Gasteiger partial charge in [0, 0.05) is 0 Å². The Hall–Kier alpha value is -1.49. The molecule has 2 unspecified atom stereocenters. The molecule has 0 saturated heterocycles. The zero-order valence-corrected chi connectivity index (χ0v) is 12.8. The Balaban J connectivity index is 3.37.